The van der Waals surface area contributed by atoms with E-state index in [4.69, 9.17) is 0 Å². The molecular weight excluding hydrogens is 469 g/mol. The molecule has 1 aliphatic heterocycles. The number of aromatic nitrogens is 4. The van der Waals surface area contributed by atoms with Crippen LogP contribution in [-0.2, 0) is 6.18 Å². The molecular formula is C23H24F5N7. The zero-order valence-electron chi connectivity index (χ0n) is 19.2. The number of alkyl halides is 3. The van der Waals surface area contributed by atoms with E-state index < -0.39 is 23.4 Å². The summed E-state index contributed by atoms with van der Waals surface area (Å²) in [5.74, 6) is -0.961. The van der Waals surface area contributed by atoms with E-state index in [1.54, 1.807) is 4.90 Å². The van der Waals surface area contributed by atoms with Crippen LogP contribution in [0.4, 0.5) is 39.7 Å². The highest BCUT2D eigenvalue weighted by molar-refractivity contribution is 5.60. The van der Waals surface area contributed by atoms with Crippen LogP contribution in [0.15, 0.2) is 36.5 Å². The van der Waals surface area contributed by atoms with Crippen molar-refractivity contribution in [2.75, 3.05) is 54.0 Å². The fourth-order valence-corrected chi connectivity index (χ4v) is 3.92. The summed E-state index contributed by atoms with van der Waals surface area (Å²) in [6.07, 6.45) is -3.18. The summed E-state index contributed by atoms with van der Waals surface area (Å²) in [6.45, 7) is 6.20. The average molecular weight is 493 g/mol. The van der Waals surface area contributed by atoms with Crippen molar-refractivity contribution >= 4 is 17.7 Å². The molecule has 4 rings (SSSR count). The van der Waals surface area contributed by atoms with Crippen molar-refractivity contribution in [2.24, 2.45) is 0 Å². The van der Waals surface area contributed by atoms with Gasteiger partial charge in [-0.25, -0.2) is 13.8 Å². The van der Waals surface area contributed by atoms with Crippen LogP contribution < -0.4 is 14.7 Å². The molecule has 2 aromatic heterocycles. The topological polar surface area (TPSA) is 61.3 Å². The van der Waals surface area contributed by atoms with E-state index in [1.807, 2.05) is 23.6 Å². The predicted octanol–water partition coefficient (Wildman–Crippen LogP) is 4.40. The Morgan fingerprint density at radius 1 is 0.914 bits per heavy atom. The minimum Gasteiger partial charge on any atom is -0.353 e. The van der Waals surface area contributed by atoms with Gasteiger partial charge in [0.2, 0.25) is 11.9 Å². The highest BCUT2D eigenvalue weighted by Gasteiger charge is 2.36. The SMILES string of the molecule is CCN(CC)c1nc(-c2ccc(F)cc2F)nc(N2CCN(c3ncccc3C(F)(F)F)CC2)n1. The molecule has 0 radical (unpaired) electrons. The van der Waals surface area contributed by atoms with Crippen molar-refractivity contribution in [1.29, 1.82) is 0 Å². The number of hydrogen-bond acceptors (Lipinski definition) is 7. The highest BCUT2D eigenvalue weighted by atomic mass is 19.4. The van der Waals surface area contributed by atoms with E-state index in [9.17, 15) is 22.0 Å². The number of anilines is 3. The number of nitrogens with zero attached hydrogens (tertiary/aromatic N) is 7. The maximum Gasteiger partial charge on any atom is 0.419 e. The Kier molecular flexibility index (Phi) is 6.99. The molecule has 12 heteroatoms. The Labute approximate surface area is 199 Å². The van der Waals surface area contributed by atoms with Gasteiger partial charge in [-0.05, 0) is 38.1 Å². The van der Waals surface area contributed by atoms with Crippen LogP contribution in [0.2, 0.25) is 0 Å². The van der Waals surface area contributed by atoms with Gasteiger partial charge in [0.1, 0.15) is 17.5 Å². The molecule has 1 saturated heterocycles. The van der Waals surface area contributed by atoms with E-state index in [0.29, 0.717) is 32.1 Å². The molecule has 1 aliphatic rings. The van der Waals surface area contributed by atoms with Gasteiger partial charge in [0.05, 0.1) is 11.1 Å². The lowest BCUT2D eigenvalue weighted by Gasteiger charge is -2.36. The third kappa shape index (κ3) is 5.25. The van der Waals surface area contributed by atoms with Crippen LogP contribution in [0.1, 0.15) is 19.4 Å². The maximum absolute atomic E-state index is 14.5. The normalized spacial score (nSPS) is 14.4. The lowest BCUT2D eigenvalue weighted by Crippen LogP contribution is -2.48. The Hall–Kier alpha value is -3.57. The van der Waals surface area contributed by atoms with Crippen molar-refractivity contribution in [3.05, 3.63) is 53.7 Å². The van der Waals surface area contributed by atoms with Crippen molar-refractivity contribution in [2.45, 2.75) is 20.0 Å². The molecule has 7 nitrogen and oxygen atoms in total. The third-order valence-electron chi connectivity index (χ3n) is 5.78. The zero-order chi connectivity index (χ0) is 25.2. The molecule has 186 valence electrons. The zero-order valence-corrected chi connectivity index (χ0v) is 19.2. The molecule has 0 bridgehead atoms. The molecule has 0 amide bonds. The molecule has 0 spiro atoms. The highest BCUT2D eigenvalue weighted by Crippen LogP contribution is 2.35. The molecule has 0 aliphatic carbocycles. The Bertz CT molecular complexity index is 1180. The summed E-state index contributed by atoms with van der Waals surface area (Å²) in [5, 5.41) is 0. The molecule has 1 aromatic carbocycles. The summed E-state index contributed by atoms with van der Waals surface area (Å²) < 4.78 is 68.2. The third-order valence-corrected chi connectivity index (χ3v) is 5.78. The minimum absolute atomic E-state index is 0.0328. The summed E-state index contributed by atoms with van der Waals surface area (Å²) in [4.78, 5) is 22.6. The van der Waals surface area contributed by atoms with Crippen LogP contribution >= 0.6 is 0 Å². The first kappa shape index (κ1) is 24.6. The van der Waals surface area contributed by atoms with Crippen LogP contribution in [0.5, 0.6) is 0 Å². The Morgan fingerprint density at radius 2 is 1.60 bits per heavy atom. The van der Waals surface area contributed by atoms with Gasteiger partial charge in [0, 0.05) is 51.5 Å². The van der Waals surface area contributed by atoms with E-state index in [2.05, 4.69) is 19.9 Å². The molecule has 3 aromatic rings. The van der Waals surface area contributed by atoms with Gasteiger partial charge >= 0.3 is 6.18 Å². The van der Waals surface area contributed by atoms with Crippen molar-refractivity contribution in [1.82, 2.24) is 19.9 Å². The number of hydrogen-bond donors (Lipinski definition) is 0. The van der Waals surface area contributed by atoms with Crippen molar-refractivity contribution in [3.8, 4) is 11.4 Å². The summed E-state index contributed by atoms with van der Waals surface area (Å²) in [5.41, 5.74) is -0.753. The van der Waals surface area contributed by atoms with Gasteiger partial charge in [-0.15, -0.1) is 0 Å². The first-order chi connectivity index (χ1) is 16.7. The molecule has 0 N–H and O–H groups in total. The van der Waals surface area contributed by atoms with Gasteiger partial charge in [0.15, 0.2) is 5.82 Å². The lowest BCUT2D eigenvalue weighted by molar-refractivity contribution is -0.137. The quantitative estimate of drug-likeness (QED) is 0.472. The van der Waals surface area contributed by atoms with Gasteiger partial charge in [-0.3, -0.25) is 0 Å². The largest absolute Gasteiger partial charge is 0.419 e. The molecule has 0 saturated carbocycles. The standard InChI is InChI=1S/C23H24F5N7/c1-3-33(4-2)21-30-19(16-8-7-15(24)14-18(16)25)31-22(32-21)35-12-10-34(11-13-35)20-17(23(26,27)28)6-5-9-29-20/h5-9,14H,3-4,10-13H2,1-2H3. The van der Waals surface area contributed by atoms with E-state index in [1.165, 1.54) is 18.3 Å². The van der Waals surface area contributed by atoms with Gasteiger partial charge < -0.3 is 14.7 Å². The maximum atomic E-state index is 14.5. The van der Waals surface area contributed by atoms with Crippen LogP contribution in [0.3, 0.4) is 0 Å². The fraction of sp³-hybridized carbons (Fsp3) is 0.391. The van der Waals surface area contributed by atoms with Gasteiger partial charge in [-0.1, -0.05) is 0 Å². The van der Waals surface area contributed by atoms with Gasteiger partial charge in [0.25, 0.3) is 0 Å². The summed E-state index contributed by atoms with van der Waals surface area (Å²) in [7, 11) is 0. The smallest absolute Gasteiger partial charge is 0.353 e. The van der Waals surface area contributed by atoms with E-state index in [0.717, 1.165) is 18.2 Å². The molecule has 0 unspecified atom stereocenters. The second-order valence-electron chi connectivity index (χ2n) is 7.90. The number of piperazine rings is 1. The number of rotatable bonds is 6. The Morgan fingerprint density at radius 3 is 2.23 bits per heavy atom. The fourth-order valence-electron chi connectivity index (χ4n) is 3.92. The second-order valence-corrected chi connectivity index (χ2v) is 7.90. The van der Waals surface area contributed by atoms with E-state index >= 15 is 0 Å². The predicted molar refractivity (Wildman–Crippen MR) is 122 cm³/mol. The molecule has 0 atom stereocenters. The van der Waals surface area contributed by atoms with E-state index in [-0.39, 0.29) is 36.2 Å². The van der Waals surface area contributed by atoms with Crippen LogP contribution in [0, 0.1) is 11.6 Å². The summed E-state index contributed by atoms with van der Waals surface area (Å²) >= 11 is 0. The summed E-state index contributed by atoms with van der Waals surface area (Å²) in [6, 6.07) is 5.44. The monoisotopic (exact) mass is 493 g/mol. The number of benzene rings is 1. The average Bonchev–Trinajstić information content (AvgIpc) is 2.84. The molecule has 35 heavy (non-hydrogen) atoms. The first-order valence-electron chi connectivity index (χ1n) is 11.2. The molecule has 1 fully saturated rings. The van der Waals surface area contributed by atoms with Crippen LogP contribution in [-0.4, -0.2) is 59.2 Å². The number of halogens is 5. The van der Waals surface area contributed by atoms with Crippen LogP contribution in [0.25, 0.3) is 11.4 Å². The van der Waals surface area contributed by atoms with Crippen molar-refractivity contribution < 1.29 is 22.0 Å². The number of pyridine rings is 1. The first-order valence-corrected chi connectivity index (χ1v) is 11.2. The molecule has 3 heterocycles. The Balaban J connectivity index is 1.64. The minimum atomic E-state index is -4.51. The lowest BCUT2D eigenvalue weighted by atomic mass is 10.2. The van der Waals surface area contributed by atoms with Gasteiger partial charge in [-0.2, -0.15) is 28.1 Å². The van der Waals surface area contributed by atoms with Crippen molar-refractivity contribution in [3.63, 3.8) is 0 Å². The second kappa shape index (κ2) is 9.96.